The molecule has 3 heteroatoms. The number of methoxy groups -OCH3 is 1. The van der Waals surface area contributed by atoms with Gasteiger partial charge in [0, 0.05) is 5.92 Å². The van der Waals surface area contributed by atoms with E-state index in [-0.39, 0.29) is 23.9 Å². The Morgan fingerprint density at radius 2 is 2.00 bits per heavy atom. The van der Waals surface area contributed by atoms with E-state index in [2.05, 4.69) is 0 Å². The third-order valence-electron chi connectivity index (χ3n) is 3.64. The van der Waals surface area contributed by atoms with E-state index in [0.717, 1.165) is 25.7 Å². The molecule has 2 aliphatic rings. The fourth-order valence-electron chi connectivity index (χ4n) is 3.03. The van der Waals surface area contributed by atoms with Crippen LogP contribution < -0.4 is 0 Å². The highest BCUT2D eigenvalue weighted by molar-refractivity contribution is 5.73. The van der Waals surface area contributed by atoms with Gasteiger partial charge in [-0.05, 0) is 31.6 Å². The lowest BCUT2D eigenvalue weighted by atomic mass is 9.90. The smallest absolute Gasteiger partial charge is 0.309 e. The van der Waals surface area contributed by atoms with Crippen molar-refractivity contribution in [2.45, 2.75) is 31.8 Å². The number of ether oxygens (including phenoxy) is 1. The number of esters is 1. The van der Waals surface area contributed by atoms with Gasteiger partial charge >= 0.3 is 5.97 Å². The lowest BCUT2D eigenvalue weighted by molar-refractivity contribution is -0.148. The summed E-state index contributed by atoms with van der Waals surface area (Å²) in [5, 5.41) is 9.71. The maximum atomic E-state index is 11.4. The lowest BCUT2D eigenvalue weighted by Gasteiger charge is -2.19. The Morgan fingerprint density at radius 3 is 2.69 bits per heavy atom. The van der Waals surface area contributed by atoms with E-state index in [1.54, 1.807) is 0 Å². The SMILES string of the molecule is COC(=O)C1CCC2CCC(O)C21. The Balaban J connectivity index is 2.10. The zero-order chi connectivity index (χ0) is 9.42. The van der Waals surface area contributed by atoms with Crippen molar-refractivity contribution in [2.24, 2.45) is 17.8 Å². The topological polar surface area (TPSA) is 46.5 Å². The average Bonchev–Trinajstić information content (AvgIpc) is 2.68. The maximum absolute atomic E-state index is 11.4. The van der Waals surface area contributed by atoms with Crippen LogP contribution in [0.3, 0.4) is 0 Å². The molecule has 1 N–H and O–H groups in total. The molecule has 0 aromatic carbocycles. The minimum absolute atomic E-state index is 0.0347. The molecule has 0 aromatic rings. The molecule has 2 aliphatic carbocycles. The van der Waals surface area contributed by atoms with E-state index in [0.29, 0.717) is 5.92 Å². The normalized spacial score (nSPS) is 43.2. The summed E-state index contributed by atoms with van der Waals surface area (Å²) in [7, 11) is 1.43. The molecule has 0 amide bonds. The third kappa shape index (κ3) is 1.35. The third-order valence-corrected chi connectivity index (χ3v) is 3.64. The summed E-state index contributed by atoms with van der Waals surface area (Å²) in [5.74, 6) is 0.590. The van der Waals surface area contributed by atoms with E-state index >= 15 is 0 Å². The largest absolute Gasteiger partial charge is 0.469 e. The Morgan fingerprint density at radius 1 is 1.31 bits per heavy atom. The number of carbonyl (C=O) groups is 1. The van der Waals surface area contributed by atoms with Crippen LogP contribution in [0.1, 0.15) is 25.7 Å². The Hall–Kier alpha value is -0.570. The number of hydrogen-bond donors (Lipinski definition) is 1. The van der Waals surface area contributed by atoms with E-state index in [9.17, 15) is 9.90 Å². The number of fused-ring (bicyclic) bond motifs is 1. The fourth-order valence-corrected chi connectivity index (χ4v) is 3.03. The van der Waals surface area contributed by atoms with E-state index in [1.807, 2.05) is 0 Å². The van der Waals surface area contributed by atoms with Crippen LogP contribution in [0.4, 0.5) is 0 Å². The van der Waals surface area contributed by atoms with Crippen molar-refractivity contribution in [1.82, 2.24) is 0 Å². The maximum Gasteiger partial charge on any atom is 0.309 e. The molecular weight excluding hydrogens is 168 g/mol. The van der Waals surface area contributed by atoms with Crippen LogP contribution in [-0.4, -0.2) is 24.3 Å². The molecule has 2 saturated carbocycles. The first kappa shape index (κ1) is 9.00. The first-order valence-corrected chi connectivity index (χ1v) is 5.00. The molecule has 2 fully saturated rings. The molecule has 74 valence electrons. The standard InChI is InChI=1S/C10H16O3/c1-13-10(12)7-4-2-6-3-5-8(11)9(6)7/h6-9,11H,2-5H2,1H3. The van der Waals surface area contributed by atoms with Gasteiger partial charge in [-0.1, -0.05) is 0 Å². The Bertz CT molecular complexity index is 214. The average molecular weight is 184 g/mol. The van der Waals surface area contributed by atoms with Crippen LogP contribution >= 0.6 is 0 Å². The second-order valence-electron chi connectivity index (χ2n) is 4.19. The highest BCUT2D eigenvalue weighted by atomic mass is 16.5. The number of carbonyl (C=O) groups excluding carboxylic acids is 1. The minimum atomic E-state index is -0.267. The minimum Gasteiger partial charge on any atom is -0.469 e. The van der Waals surface area contributed by atoms with Crippen molar-refractivity contribution in [2.75, 3.05) is 7.11 Å². The molecule has 0 spiro atoms. The van der Waals surface area contributed by atoms with Gasteiger partial charge in [0.05, 0.1) is 19.1 Å². The highest BCUT2D eigenvalue weighted by Gasteiger charge is 2.47. The van der Waals surface area contributed by atoms with Crippen molar-refractivity contribution < 1.29 is 14.6 Å². The van der Waals surface area contributed by atoms with Crippen molar-refractivity contribution in [3.8, 4) is 0 Å². The van der Waals surface area contributed by atoms with Gasteiger partial charge in [0.2, 0.25) is 0 Å². The summed E-state index contributed by atoms with van der Waals surface area (Å²) in [6, 6.07) is 0. The second-order valence-corrected chi connectivity index (χ2v) is 4.19. The zero-order valence-corrected chi connectivity index (χ0v) is 7.90. The summed E-state index contributed by atoms with van der Waals surface area (Å²) >= 11 is 0. The monoisotopic (exact) mass is 184 g/mol. The van der Waals surface area contributed by atoms with Gasteiger partial charge in [-0.3, -0.25) is 4.79 Å². The van der Waals surface area contributed by atoms with Crippen LogP contribution in [-0.2, 0) is 9.53 Å². The molecular formula is C10H16O3. The first-order valence-electron chi connectivity index (χ1n) is 5.00. The molecule has 0 aliphatic heterocycles. The molecule has 4 atom stereocenters. The van der Waals surface area contributed by atoms with Gasteiger partial charge < -0.3 is 9.84 Å². The number of aliphatic hydroxyl groups is 1. The summed E-state index contributed by atoms with van der Waals surface area (Å²) in [5.41, 5.74) is 0. The quantitative estimate of drug-likeness (QED) is 0.617. The highest BCUT2D eigenvalue weighted by Crippen LogP contribution is 2.47. The van der Waals surface area contributed by atoms with Crippen molar-refractivity contribution in [3.05, 3.63) is 0 Å². The van der Waals surface area contributed by atoms with Crippen molar-refractivity contribution in [1.29, 1.82) is 0 Å². The summed E-state index contributed by atoms with van der Waals surface area (Å²) in [6.45, 7) is 0. The number of rotatable bonds is 1. The van der Waals surface area contributed by atoms with Crippen LogP contribution in [0, 0.1) is 17.8 Å². The van der Waals surface area contributed by atoms with Crippen molar-refractivity contribution >= 4 is 5.97 Å². The molecule has 0 saturated heterocycles. The Kier molecular flexibility index (Phi) is 2.28. The molecule has 0 bridgehead atoms. The Labute approximate surface area is 78.1 Å². The van der Waals surface area contributed by atoms with Crippen LogP contribution in [0.5, 0.6) is 0 Å². The van der Waals surface area contributed by atoms with Gasteiger partial charge in [-0.2, -0.15) is 0 Å². The molecule has 4 unspecified atom stereocenters. The molecule has 13 heavy (non-hydrogen) atoms. The lowest BCUT2D eigenvalue weighted by Crippen LogP contribution is -2.28. The van der Waals surface area contributed by atoms with E-state index < -0.39 is 0 Å². The summed E-state index contributed by atoms with van der Waals surface area (Å²) < 4.78 is 4.74. The number of hydrogen-bond acceptors (Lipinski definition) is 3. The predicted octanol–water partition coefficient (Wildman–Crippen LogP) is 0.956. The summed E-state index contributed by atoms with van der Waals surface area (Å²) in [4.78, 5) is 11.4. The zero-order valence-electron chi connectivity index (χ0n) is 7.90. The van der Waals surface area contributed by atoms with Gasteiger partial charge in [0.1, 0.15) is 0 Å². The van der Waals surface area contributed by atoms with Gasteiger partial charge in [0.25, 0.3) is 0 Å². The van der Waals surface area contributed by atoms with Gasteiger partial charge in [-0.25, -0.2) is 0 Å². The van der Waals surface area contributed by atoms with E-state index in [1.165, 1.54) is 7.11 Å². The molecule has 0 radical (unpaired) electrons. The van der Waals surface area contributed by atoms with Crippen molar-refractivity contribution in [3.63, 3.8) is 0 Å². The first-order chi connectivity index (χ1) is 6.24. The second kappa shape index (κ2) is 3.29. The van der Waals surface area contributed by atoms with Crippen LogP contribution in [0.15, 0.2) is 0 Å². The van der Waals surface area contributed by atoms with Gasteiger partial charge in [-0.15, -0.1) is 0 Å². The van der Waals surface area contributed by atoms with Crippen LogP contribution in [0.2, 0.25) is 0 Å². The van der Waals surface area contributed by atoms with Gasteiger partial charge in [0.15, 0.2) is 0 Å². The summed E-state index contributed by atoms with van der Waals surface area (Å²) in [6.07, 6.45) is 3.67. The number of aliphatic hydroxyl groups excluding tert-OH is 1. The van der Waals surface area contributed by atoms with Crippen LogP contribution in [0.25, 0.3) is 0 Å². The molecule has 0 heterocycles. The molecule has 0 aromatic heterocycles. The van der Waals surface area contributed by atoms with E-state index in [4.69, 9.17) is 4.74 Å². The predicted molar refractivity (Wildman–Crippen MR) is 47.0 cm³/mol. The fraction of sp³-hybridized carbons (Fsp3) is 0.900. The molecule has 3 nitrogen and oxygen atoms in total. The molecule has 2 rings (SSSR count).